The minimum atomic E-state index is -0.131. The second-order valence-electron chi connectivity index (χ2n) is 11.6. The zero-order chi connectivity index (χ0) is 24.6. The van der Waals surface area contributed by atoms with Crippen molar-refractivity contribution in [2.45, 2.75) is 150 Å². The number of phenols is 1. The Bertz CT molecular complexity index is 764. The van der Waals surface area contributed by atoms with Gasteiger partial charge in [-0.1, -0.05) is 87.0 Å². The number of allylic oxidation sites excluding steroid dienone is 1. The smallest absolute Gasteiger partial charge is 0.123 e. The first kappa shape index (κ1) is 28.0. The van der Waals surface area contributed by atoms with Gasteiger partial charge in [-0.05, 0) is 97.5 Å². The topological polar surface area (TPSA) is 20.2 Å². The van der Waals surface area contributed by atoms with Crippen LogP contribution in [0.5, 0.6) is 5.75 Å². The van der Waals surface area contributed by atoms with Gasteiger partial charge in [-0.25, -0.2) is 0 Å². The maximum absolute atomic E-state index is 12.0. The molecule has 0 saturated carbocycles. The van der Waals surface area contributed by atoms with Crippen molar-refractivity contribution in [3.05, 3.63) is 34.4 Å². The van der Waals surface area contributed by atoms with Crippen LogP contribution in [0.15, 0.2) is 0 Å². The molecule has 1 nitrogen and oxygen atoms in total. The van der Waals surface area contributed by atoms with E-state index in [1.165, 1.54) is 67.2 Å². The largest absolute Gasteiger partial charge is 0.507 e. The van der Waals surface area contributed by atoms with E-state index in [2.05, 4.69) is 48.5 Å². The van der Waals surface area contributed by atoms with Crippen LogP contribution in [0.2, 0.25) is 0 Å². The summed E-state index contributed by atoms with van der Waals surface area (Å²) in [5.41, 5.74) is 6.97. The van der Waals surface area contributed by atoms with Gasteiger partial charge in [-0.3, -0.25) is 0 Å². The highest BCUT2D eigenvalue weighted by Crippen LogP contribution is 2.52. The number of unbranched alkanes of at least 4 members (excludes halogenated alkanes) is 4. The number of fused-ring (bicyclic) bond motifs is 1. The van der Waals surface area contributed by atoms with Gasteiger partial charge in [0.05, 0.1) is 0 Å². The first-order valence-electron chi connectivity index (χ1n) is 14.2. The van der Waals surface area contributed by atoms with Crippen LogP contribution in [0.25, 0.3) is 5.57 Å². The van der Waals surface area contributed by atoms with E-state index in [1.807, 2.05) is 0 Å². The molecule has 1 aliphatic carbocycles. The summed E-state index contributed by atoms with van der Waals surface area (Å²) < 4.78 is 0. The molecule has 186 valence electrons. The van der Waals surface area contributed by atoms with Gasteiger partial charge < -0.3 is 5.11 Å². The molecule has 0 aliphatic heterocycles. The quantitative estimate of drug-likeness (QED) is 0.315. The molecule has 1 aromatic rings. The van der Waals surface area contributed by atoms with Crippen molar-refractivity contribution in [2.75, 3.05) is 0 Å². The summed E-state index contributed by atoms with van der Waals surface area (Å²) in [6.45, 7) is 25.0. The van der Waals surface area contributed by atoms with Crippen LogP contribution in [0.3, 0.4) is 0 Å². The fourth-order valence-electron chi connectivity index (χ4n) is 6.16. The van der Waals surface area contributed by atoms with Crippen LogP contribution in [0.4, 0.5) is 0 Å². The zero-order valence-electron chi connectivity index (χ0n) is 23.0. The predicted molar refractivity (Wildman–Crippen MR) is 145 cm³/mol. The van der Waals surface area contributed by atoms with Crippen LogP contribution >= 0.6 is 0 Å². The number of rotatable bonds is 13. The Hall–Kier alpha value is -1.24. The Morgan fingerprint density at radius 2 is 1.52 bits per heavy atom. The Labute approximate surface area is 206 Å². The number of aromatic hydroxyl groups is 1. The molecule has 1 aromatic carbocycles. The summed E-state index contributed by atoms with van der Waals surface area (Å²) in [5, 5.41) is 12.0. The van der Waals surface area contributed by atoms with Gasteiger partial charge in [-0.15, -0.1) is 0 Å². The highest BCUT2D eigenvalue weighted by Gasteiger charge is 2.37. The van der Waals surface area contributed by atoms with Gasteiger partial charge in [0.15, 0.2) is 0 Å². The second kappa shape index (κ2) is 13.0. The lowest BCUT2D eigenvalue weighted by Crippen LogP contribution is -2.26. The molecule has 1 aliphatic rings. The lowest BCUT2D eigenvalue weighted by atomic mass is 9.65. The molecule has 0 fully saturated rings. The first-order valence-corrected chi connectivity index (χ1v) is 14.2. The van der Waals surface area contributed by atoms with E-state index in [0.717, 1.165) is 56.1 Å². The first-order chi connectivity index (χ1) is 15.7. The lowest BCUT2D eigenvalue weighted by Gasteiger charge is -2.39. The normalized spacial score (nSPS) is 18.4. The standard InChI is InChI=1S/C32H52O/c1-9-13-17-23(5)28-26-22-21-24(18-14-10-2)25(19-15-11-3)29(26)31(33)30(32(6,7)8)27(28)20-16-12-4/h24-25,33H,9-22H2,1-4,6-8H3. The average molecular weight is 453 g/mol. The Morgan fingerprint density at radius 1 is 0.909 bits per heavy atom. The maximum atomic E-state index is 12.0. The van der Waals surface area contributed by atoms with Gasteiger partial charge >= 0.3 is 0 Å². The third kappa shape index (κ3) is 6.67. The second-order valence-corrected chi connectivity index (χ2v) is 11.6. The van der Waals surface area contributed by atoms with E-state index < -0.39 is 0 Å². The third-order valence-corrected chi connectivity index (χ3v) is 7.84. The summed E-state index contributed by atoms with van der Waals surface area (Å²) in [5.74, 6) is 1.71. The Balaban J connectivity index is 2.81. The van der Waals surface area contributed by atoms with Crippen LogP contribution in [-0.4, -0.2) is 5.11 Å². The molecule has 2 atom stereocenters. The highest BCUT2D eigenvalue weighted by molar-refractivity contribution is 5.75. The summed E-state index contributed by atoms with van der Waals surface area (Å²) in [7, 11) is 0. The summed E-state index contributed by atoms with van der Waals surface area (Å²) >= 11 is 0. The van der Waals surface area contributed by atoms with Crippen LogP contribution in [0.1, 0.15) is 159 Å². The number of benzene rings is 1. The lowest BCUT2D eigenvalue weighted by molar-refractivity contribution is 0.308. The predicted octanol–water partition coefficient (Wildman–Crippen LogP) is 9.94. The van der Waals surface area contributed by atoms with E-state index in [9.17, 15) is 11.7 Å². The van der Waals surface area contributed by atoms with Crippen LogP contribution < -0.4 is 0 Å². The fourth-order valence-corrected chi connectivity index (χ4v) is 6.16. The van der Waals surface area contributed by atoms with Crippen LogP contribution in [0, 0.1) is 12.5 Å². The maximum Gasteiger partial charge on any atom is 0.123 e. The molecule has 0 heterocycles. The van der Waals surface area contributed by atoms with Gasteiger partial charge in [0, 0.05) is 11.1 Å². The SMILES string of the molecule is [C]=C(CCCC)c1c2c(c(O)c(C(C)(C)C)c1CCCC)C(CCCC)C(CCCC)CC2. The number of hydrogen-bond acceptors (Lipinski definition) is 1. The molecule has 1 heteroatoms. The molecular formula is C32H52O. The van der Waals surface area contributed by atoms with E-state index in [0.29, 0.717) is 17.6 Å². The van der Waals surface area contributed by atoms with Crippen molar-refractivity contribution >= 4 is 5.57 Å². The number of phenolic OH excluding ortho intramolecular Hbond substituents is 1. The summed E-state index contributed by atoms with van der Waals surface area (Å²) in [4.78, 5) is 0. The average Bonchev–Trinajstić information content (AvgIpc) is 2.77. The Kier molecular flexibility index (Phi) is 11.0. The van der Waals surface area contributed by atoms with Crippen molar-refractivity contribution in [3.63, 3.8) is 0 Å². The Morgan fingerprint density at radius 3 is 2.09 bits per heavy atom. The van der Waals surface area contributed by atoms with Gasteiger partial charge in [0.1, 0.15) is 5.75 Å². The minimum Gasteiger partial charge on any atom is -0.507 e. The third-order valence-electron chi connectivity index (χ3n) is 7.84. The molecule has 0 spiro atoms. The van der Waals surface area contributed by atoms with Crippen molar-refractivity contribution < 1.29 is 5.11 Å². The summed E-state index contributed by atoms with van der Waals surface area (Å²) in [6, 6.07) is 0. The van der Waals surface area contributed by atoms with Crippen molar-refractivity contribution in [3.8, 4) is 5.75 Å². The molecule has 0 saturated heterocycles. The summed E-state index contributed by atoms with van der Waals surface area (Å²) in [6.07, 6.45) is 15.9. The molecule has 2 unspecified atom stereocenters. The minimum absolute atomic E-state index is 0.131. The van der Waals surface area contributed by atoms with Gasteiger partial charge in [-0.2, -0.15) is 0 Å². The molecule has 1 N–H and O–H groups in total. The highest BCUT2D eigenvalue weighted by atomic mass is 16.3. The van der Waals surface area contributed by atoms with Gasteiger partial charge in [0.25, 0.3) is 0 Å². The van der Waals surface area contributed by atoms with Gasteiger partial charge in [0.2, 0.25) is 0 Å². The number of hydrogen-bond donors (Lipinski definition) is 1. The monoisotopic (exact) mass is 452 g/mol. The molecule has 33 heavy (non-hydrogen) atoms. The van der Waals surface area contributed by atoms with E-state index in [-0.39, 0.29) is 5.41 Å². The van der Waals surface area contributed by atoms with E-state index in [4.69, 9.17) is 0 Å². The molecule has 2 rings (SSSR count). The van der Waals surface area contributed by atoms with Crippen LogP contribution in [-0.2, 0) is 18.3 Å². The fraction of sp³-hybridized carbons (Fsp3) is 0.750. The van der Waals surface area contributed by atoms with E-state index in [1.54, 1.807) is 0 Å². The molecule has 0 aromatic heterocycles. The van der Waals surface area contributed by atoms with Crippen molar-refractivity contribution in [2.24, 2.45) is 5.92 Å². The zero-order valence-corrected chi connectivity index (χ0v) is 23.0. The van der Waals surface area contributed by atoms with E-state index >= 15 is 0 Å². The molecule has 0 amide bonds. The molecule has 0 bridgehead atoms. The van der Waals surface area contributed by atoms with Crippen molar-refractivity contribution in [1.29, 1.82) is 0 Å². The molecular weight excluding hydrogens is 400 g/mol. The molecule has 2 radical (unpaired) electrons. The van der Waals surface area contributed by atoms with Crippen molar-refractivity contribution in [1.82, 2.24) is 0 Å².